The average molecular weight is 355 g/mol. The smallest absolute Gasteiger partial charge is 0.235 e. The van der Waals surface area contributed by atoms with Crippen molar-refractivity contribution in [3.63, 3.8) is 0 Å². The molecule has 0 unspecified atom stereocenters. The number of aromatic nitrogens is 1. The van der Waals surface area contributed by atoms with Crippen molar-refractivity contribution in [1.82, 2.24) is 9.88 Å². The molecule has 0 bridgehead atoms. The van der Waals surface area contributed by atoms with E-state index < -0.39 is 5.41 Å². The lowest BCUT2D eigenvalue weighted by molar-refractivity contribution is -0.130. The minimum absolute atomic E-state index is 0.120. The average Bonchev–Trinajstić information content (AvgIpc) is 3.32. The van der Waals surface area contributed by atoms with E-state index in [1.54, 1.807) is 23.7 Å². The number of carbonyl (C=O) groups is 2. The van der Waals surface area contributed by atoms with Crippen LogP contribution in [-0.4, -0.2) is 41.3 Å². The van der Waals surface area contributed by atoms with Gasteiger partial charge in [-0.05, 0) is 46.9 Å². The van der Waals surface area contributed by atoms with E-state index in [-0.39, 0.29) is 17.7 Å². The number of nitrogens with zero attached hydrogens (tertiary/aromatic N) is 3. The summed E-state index contributed by atoms with van der Waals surface area (Å²) in [6.07, 6.45) is 4.66. The van der Waals surface area contributed by atoms with Crippen LogP contribution in [0.3, 0.4) is 0 Å². The van der Waals surface area contributed by atoms with Crippen LogP contribution in [0.4, 0.5) is 5.69 Å². The number of hydrogen-bond donors (Lipinski definition) is 0. The minimum Gasteiger partial charge on any atom is -0.341 e. The molecule has 2 aromatic rings. The molecule has 0 N–H and O–H groups in total. The fourth-order valence-corrected chi connectivity index (χ4v) is 4.76. The van der Waals surface area contributed by atoms with Crippen molar-refractivity contribution in [2.45, 2.75) is 19.8 Å². The van der Waals surface area contributed by atoms with Gasteiger partial charge < -0.3 is 9.80 Å². The van der Waals surface area contributed by atoms with E-state index in [0.29, 0.717) is 26.1 Å². The molecule has 25 heavy (non-hydrogen) atoms. The highest BCUT2D eigenvalue weighted by molar-refractivity contribution is 7.08. The van der Waals surface area contributed by atoms with Crippen LogP contribution in [0.15, 0.2) is 41.4 Å². The van der Waals surface area contributed by atoms with E-state index in [2.05, 4.69) is 11.9 Å². The highest BCUT2D eigenvalue weighted by Gasteiger charge is 2.56. The zero-order chi connectivity index (χ0) is 17.4. The van der Waals surface area contributed by atoms with E-state index in [9.17, 15) is 9.59 Å². The Bertz CT molecular complexity index is 777. The van der Waals surface area contributed by atoms with Gasteiger partial charge in [-0.2, -0.15) is 11.3 Å². The van der Waals surface area contributed by atoms with Gasteiger partial charge in [0, 0.05) is 25.8 Å². The van der Waals surface area contributed by atoms with Gasteiger partial charge in [-0.1, -0.05) is 6.92 Å². The monoisotopic (exact) mass is 355 g/mol. The zero-order valence-corrected chi connectivity index (χ0v) is 15.0. The lowest BCUT2D eigenvalue weighted by Gasteiger charge is -2.26. The molecule has 0 aromatic carbocycles. The molecule has 0 aliphatic carbocycles. The van der Waals surface area contributed by atoms with Gasteiger partial charge in [0.2, 0.25) is 11.8 Å². The predicted octanol–water partition coefficient (Wildman–Crippen LogP) is 2.59. The lowest BCUT2D eigenvalue weighted by atomic mass is 9.78. The molecule has 2 atom stereocenters. The first kappa shape index (κ1) is 16.3. The third kappa shape index (κ3) is 2.74. The highest BCUT2D eigenvalue weighted by atomic mass is 32.1. The van der Waals surface area contributed by atoms with E-state index in [4.69, 9.17) is 0 Å². The number of carbonyl (C=O) groups excluding carboxylic acids is 2. The van der Waals surface area contributed by atoms with Crippen molar-refractivity contribution in [3.8, 4) is 0 Å². The second-order valence-electron chi connectivity index (χ2n) is 7.06. The fourth-order valence-electron chi connectivity index (χ4n) is 4.09. The summed E-state index contributed by atoms with van der Waals surface area (Å²) >= 11 is 1.60. The van der Waals surface area contributed by atoms with Crippen LogP contribution >= 0.6 is 11.3 Å². The molecule has 2 saturated heterocycles. The third-order valence-corrected chi connectivity index (χ3v) is 6.34. The Morgan fingerprint density at radius 1 is 1.44 bits per heavy atom. The molecule has 2 aliphatic rings. The van der Waals surface area contributed by atoms with E-state index in [1.165, 1.54) is 0 Å². The van der Waals surface area contributed by atoms with Crippen LogP contribution in [0.1, 0.15) is 18.9 Å². The summed E-state index contributed by atoms with van der Waals surface area (Å²) in [7, 11) is 0. The van der Waals surface area contributed by atoms with Crippen LogP contribution in [-0.2, 0) is 16.0 Å². The van der Waals surface area contributed by atoms with Crippen molar-refractivity contribution in [3.05, 3.63) is 46.9 Å². The first-order valence-electron chi connectivity index (χ1n) is 8.61. The Morgan fingerprint density at radius 2 is 2.32 bits per heavy atom. The lowest BCUT2D eigenvalue weighted by Crippen LogP contribution is -2.40. The van der Waals surface area contributed by atoms with Crippen LogP contribution in [0, 0.1) is 11.3 Å². The standard InChI is InChI=1S/C19H21N3O2S/c1-14-11-21(17(23)9-15-4-8-25-12-15)13-19(14)5-7-22(18(19)24)16-3-2-6-20-10-16/h2-4,6,8,10,12,14H,5,7,9,11,13H2,1H3/t14-,19-/m1/s1. The molecular formula is C19H21N3O2S. The Labute approximate surface area is 151 Å². The number of hydrogen-bond acceptors (Lipinski definition) is 4. The summed E-state index contributed by atoms with van der Waals surface area (Å²) in [5.74, 6) is 0.432. The first-order valence-corrected chi connectivity index (χ1v) is 9.55. The Kier molecular flexibility index (Phi) is 4.07. The molecule has 4 heterocycles. The number of thiophene rings is 1. The maximum atomic E-state index is 13.2. The summed E-state index contributed by atoms with van der Waals surface area (Å²) < 4.78 is 0. The maximum Gasteiger partial charge on any atom is 0.235 e. The van der Waals surface area contributed by atoms with Crippen LogP contribution in [0.25, 0.3) is 0 Å². The number of rotatable bonds is 3. The number of anilines is 1. The molecule has 130 valence electrons. The molecule has 2 aliphatic heterocycles. The second kappa shape index (κ2) is 6.26. The van der Waals surface area contributed by atoms with Gasteiger partial charge >= 0.3 is 0 Å². The van der Waals surface area contributed by atoms with Crippen molar-refractivity contribution in [1.29, 1.82) is 0 Å². The Morgan fingerprint density at radius 3 is 3.04 bits per heavy atom. The van der Waals surface area contributed by atoms with Crippen molar-refractivity contribution in [2.75, 3.05) is 24.5 Å². The largest absolute Gasteiger partial charge is 0.341 e. The van der Waals surface area contributed by atoms with Crippen molar-refractivity contribution >= 4 is 28.8 Å². The van der Waals surface area contributed by atoms with Crippen molar-refractivity contribution < 1.29 is 9.59 Å². The molecular weight excluding hydrogens is 334 g/mol. The predicted molar refractivity (Wildman–Crippen MR) is 97.4 cm³/mol. The molecule has 2 aromatic heterocycles. The summed E-state index contributed by atoms with van der Waals surface area (Å²) in [6.45, 7) is 3.99. The van der Waals surface area contributed by atoms with Crippen LogP contribution in [0.2, 0.25) is 0 Å². The topological polar surface area (TPSA) is 53.5 Å². The van der Waals surface area contributed by atoms with E-state index in [0.717, 1.165) is 17.7 Å². The van der Waals surface area contributed by atoms with Gasteiger partial charge in [0.25, 0.3) is 0 Å². The summed E-state index contributed by atoms with van der Waals surface area (Å²) in [5.41, 5.74) is 1.46. The second-order valence-corrected chi connectivity index (χ2v) is 7.84. The zero-order valence-electron chi connectivity index (χ0n) is 14.2. The number of pyridine rings is 1. The number of amides is 2. The molecule has 0 radical (unpaired) electrons. The highest BCUT2D eigenvalue weighted by Crippen LogP contribution is 2.45. The third-order valence-electron chi connectivity index (χ3n) is 5.61. The molecule has 1 spiro atoms. The molecule has 5 nitrogen and oxygen atoms in total. The quantitative estimate of drug-likeness (QED) is 0.850. The summed E-state index contributed by atoms with van der Waals surface area (Å²) in [4.78, 5) is 33.7. The van der Waals surface area contributed by atoms with Gasteiger partial charge in [-0.3, -0.25) is 14.6 Å². The van der Waals surface area contributed by atoms with Gasteiger partial charge in [-0.25, -0.2) is 0 Å². The van der Waals surface area contributed by atoms with Crippen molar-refractivity contribution in [2.24, 2.45) is 11.3 Å². The van der Waals surface area contributed by atoms with Crippen LogP contribution < -0.4 is 4.90 Å². The van der Waals surface area contributed by atoms with Gasteiger partial charge in [0.15, 0.2) is 0 Å². The normalized spacial score (nSPS) is 26.0. The fraction of sp³-hybridized carbons (Fsp3) is 0.421. The molecule has 0 saturated carbocycles. The molecule has 6 heteroatoms. The molecule has 2 amide bonds. The number of likely N-dealkylation sites (tertiary alicyclic amines) is 1. The minimum atomic E-state index is -0.444. The van der Waals surface area contributed by atoms with Crippen LogP contribution in [0.5, 0.6) is 0 Å². The Hall–Kier alpha value is -2.21. The van der Waals surface area contributed by atoms with E-state index in [1.807, 2.05) is 38.8 Å². The molecule has 2 fully saturated rings. The first-order chi connectivity index (χ1) is 12.1. The molecule has 4 rings (SSSR count). The van der Waals surface area contributed by atoms with E-state index >= 15 is 0 Å². The summed E-state index contributed by atoms with van der Waals surface area (Å²) in [5, 5.41) is 4.00. The Balaban J connectivity index is 1.51. The van der Waals surface area contributed by atoms with Gasteiger partial charge in [0.05, 0.1) is 23.7 Å². The SMILES string of the molecule is C[C@@H]1CN(C(=O)Cc2ccsc2)C[C@]12CCN(c1cccnc1)C2=O. The van der Waals surface area contributed by atoms with Gasteiger partial charge in [0.1, 0.15) is 0 Å². The van der Waals surface area contributed by atoms with Gasteiger partial charge in [-0.15, -0.1) is 0 Å². The maximum absolute atomic E-state index is 13.2. The summed E-state index contributed by atoms with van der Waals surface area (Å²) in [6, 6.07) is 5.76.